The van der Waals surface area contributed by atoms with E-state index >= 15 is 0 Å². The molecule has 4 rings (SSSR count). The maximum atomic E-state index is 13.8. The van der Waals surface area contributed by atoms with Gasteiger partial charge in [0.1, 0.15) is 6.04 Å². The Morgan fingerprint density at radius 3 is 2.13 bits per heavy atom. The van der Waals surface area contributed by atoms with Crippen molar-refractivity contribution in [3.63, 3.8) is 0 Å². The molecule has 0 spiro atoms. The van der Waals surface area contributed by atoms with Crippen molar-refractivity contribution in [3.05, 3.63) is 69.9 Å². The van der Waals surface area contributed by atoms with Crippen molar-refractivity contribution < 1.29 is 28.6 Å². The van der Waals surface area contributed by atoms with Crippen molar-refractivity contribution in [2.45, 2.75) is 52.6 Å². The van der Waals surface area contributed by atoms with Crippen LogP contribution in [-0.2, 0) is 20.8 Å². The molecule has 0 aromatic heterocycles. The Labute approximate surface area is 262 Å². The summed E-state index contributed by atoms with van der Waals surface area (Å²) in [5.41, 5.74) is 3.86. The van der Waals surface area contributed by atoms with Crippen molar-refractivity contribution >= 4 is 34.8 Å². The molecule has 0 aliphatic heterocycles. The third-order valence-corrected chi connectivity index (χ3v) is 7.63. The third-order valence-electron chi connectivity index (χ3n) is 7.63. The monoisotopic (exact) mass is 616 g/mol. The second-order valence-corrected chi connectivity index (χ2v) is 11.2. The first-order valence-corrected chi connectivity index (χ1v) is 14.7. The first kappa shape index (κ1) is 32.8. The zero-order chi connectivity index (χ0) is 32.8. The van der Waals surface area contributed by atoms with Gasteiger partial charge in [-0.05, 0) is 71.8 Å². The summed E-state index contributed by atoms with van der Waals surface area (Å²) in [5.74, 6) is 0.369. The molecule has 0 bridgehead atoms. The maximum absolute atomic E-state index is 13.8. The highest BCUT2D eigenvalue weighted by Crippen LogP contribution is 2.50. The molecule has 2 unspecified atom stereocenters. The normalized spacial score (nSPS) is 14.2. The number of benzene rings is 2. The quantitative estimate of drug-likeness (QED) is 0.252. The van der Waals surface area contributed by atoms with Gasteiger partial charge in [-0.25, -0.2) is 0 Å². The van der Waals surface area contributed by atoms with Crippen molar-refractivity contribution in [3.8, 4) is 28.4 Å². The zero-order valence-corrected chi connectivity index (χ0v) is 26.6. The number of hydrogen-bond acceptors (Lipinski definition) is 8. The van der Waals surface area contributed by atoms with Crippen LogP contribution in [0.1, 0.15) is 51.3 Å². The second kappa shape index (κ2) is 14.1. The molecule has 2 atom stereocenters. The summed E-state index contributed by atoms with van der Waals surface area (Å²) < 4.78 is 17.1. The number of anilines is 3. The Balaban J connectivity index is 1.80. The number of carbonyl (C=O) groups is 3. The van der Waals surface area contributed by atoms with E-state index in [1.54, 1.807) is 50.6 Å². The lowest BCUT2D eigenvalue weighted by Crippen LogP contribution is -2.39. The molecule has 1 aliphatic rings. The number of hydrogen-bond donors (Lipinski definition) is 4. The summed E-state index contributed by atoms with van der Waals surface area (Å²) in [6.07, 6.45) is 1.10. The van der Waals surface area contributed by atoms with E-state index in [-0.39, 0.29) is 34.8 Å². The van der Waals surface area contributed by atoms with Gasteiger partial charge in [0.15, 0.2) is 11.5 Å². The average Bonchev–Trinajstić information content (AvgIpc) is 3.22. The lowest BCUT2D eigenvalue weighted by molar-refractivity contribution is -0.120. The summed E-state index contributed by atoms with van der Waals surface area (Å²) in [6, 6.07) is 12.4. The molecule has 0 radical (unpaired) electrons. The fourth-order valence-electron chi connectivity index (χ4n) is 5.63. The molecule has 1 aliphatic carbocycles. The molecule has 3 aromatic rings. The maximum Gasteiger partial charge on any atom is 0.247 e. The number of methoxy groups -OCH3 is 3. The van der Waals surface area contributed by atoms with E-state index in [1.165, 1.54) is 27.0 Å². The van der Waals surface area contributed by atoms with Gasteiger partial charge in [-0.1, -0.05) is 26.0 Å². The molecule has 3 aromatic carbocycles. The van der Waals surface area contributed by atoms with Crippen LogP contribution in [0, 0.1) is 5.92 Å². The Morgan fingerprint density at radius 2 is 1.53 bits per heavy atom. The topological polar surface area (TPSA) is 144 Å². The summed E-state index contributed by atoms with van der Waals surface area (Å²) >= 11 is 0. The SMILES string of the molecule is COc1cc2c(c(OC)c1OC)-c1ccc(NC(C(=O)Nc3cccc(NC(C)=O)c3)C(C)C)c(=O)cc1C(NC(C)=O)CC2. The Kier molecular flexibility index (Phi) is 10.3. The van der Waals surface area contributed by atoms with Crippen molar-refractivity contribution in [2.75, 3.05) is 37.3 Å². The number of fused-ring (bicyclic) bond motifs is 3. The predicted molar refractivity (Wildman–Crippen MR) is 174 cm³/mol. The number of rotatable bonds is 10. The lowest BCUT2D eigenvalue weighted by Gasteiger charge is -2.22. The number of nitrogens with one attached hydrogen (secondary N) is 4. The van der Waals surface area contributed by atoms with E-state index in [2.05, 4.69) is 21.3 Å². The van der Waals surface area contributed by atoms with Crippen molar-refractivity contribution in [1.82, 2.24) is 5.32 Å². The molecule has 45 heavy (non-hydrogen) atoms. The van der Waals surface area contributed by atoms with E-state index in [9.17, 15) is 19.2 Å². The minimum absolute atomic E-state index is 0.198. The number of amides is 3. The fourth-order valence-corrected chi connectivity index (χ4v) is 5.63. The van der Waals surface area contributed by atoms with E-state index < -0.39 is 12.1 Å². The Bertz CT molecular complexity index is 1670. The van der Waals surface area contributed by atoms with Gasteiger partial charge in [-0.2, -0.15) is 0 Å². The molecule has 4 N–H and O–H groups in total. The molecule has 0 saturated heterocycles. The Morgan fingerprint density at radius 1 is 0.844 bits per heavy atom. The summed E-state index contributed by atoms with van der Waals surface area (Å²) in [5, 5.41) is 11.7. The third kappa shape index (κ3) is 7.36. The predicted octanol–water partition coefficient (Wildman–Crippen LogP) is 4.90. The van der Waals surface area contributed by atoms with Crippen LogP contribution in [0.5, 0.6) is 17.2 Å². The summed E-state index contributed by atoms with van der Waals surface area (Å²) in [7, 11) is 4.62. The molecular formula is C34H40N4O7. The van der Waals surface area contributed by atoms with Gasteiger partial charge >= 0.3 is 0 Å². The smallest absolute Gasteiger partial charge is 0.247 e. The van der Waals surface area contributed by atoms with Gasteiger partial charge in [0.2, 0.25) is 28.9 Å². The van der Waals surface area contributed by atoms with Crippen LogP contribution in [0.25, 0.3) is 11.1 Å². The summed E-state index contributed by atoms with van der Waals surface area (Å²) in [6.45, 7) is 6.60. The van der Waals surface area contributed by atoms with Gasteiger partial charge in [-0.15, -0.1) is 0 Å². The number of carbonyl (C=O) groups excluding carboxylic acids is 3. The first-order chi connectivity index (χ1) is 21.5. The van der Waals surface area contributed by atoms with Gasteiger partial charge in [0.25, 0.3) is 0 Å². The molecule has 238 valence electrons. The van der Waals surface area contributed by atoms with E-state index in [0.29, 0.717) is 52.6 Å². The molecule has 0 saturated carbocycles. The molecule has 11 nitrogen and oxygen atoms in total. The second-order valence-electron chi connectivity index (χ2n) is 11.2. The van der Waals surface area contributed by atoms with Crippen LogP contribution >= 0.6 is 0 Å². The van der Waals surface area contributed by atoms with Crippen LogP contribution in [0.3, 0.4) is 0 Å². The van der Waals surface area contributed by atoms with Crippen LogP contribution in [0.15, 0.2) is 53.3 Å². The fraction of sp³-hybridized carbons (Fsp3) is 0.353. The van der Waals surface area contributed by atoms with Gasteiger partial charge in [-0.3, -0.25) is 19.2 Å². The van der Waals surface area contributed by atoms with Crippen molar-refractivity contribution in [2.24, 2.45) is 5.92 Å². The minimum Gasteiger partial charge on any atom is -0.493 e. The molecular weight excluding hydrogens is 576 g/mol. The largest absolute Gasteiger partial charge is 0.493 e. The van der Waals surface area contributed by atoms with E-state index in [0.717, 1.165) is 11.1 Å². The van der Waals surface area contributed by atoms with Gasteiger partial charge in [0.05, 0.1) is 33.1 Å². The van der Waals surface area contributed by atoms with Crippen LogP contribution in [-0.4, -0.2) is 45.1 Å². The van der Waals surface area contributed by atoms with Gasteiger partial charge in [0, 0.05) is 30.8 Å². The van der Waals surface area contributed by atoms with Crippen LogP contribution in [0.2, 0.25) is 0 Å². The zero-order valence-electron chi connectivity index (χ0n) is 26.6. The highest BCUT2D eigenvalue weighted by Gasteiger charge is 2.30. The molecule has 11 heteroatoms. The first-order valence-electron chi connectivity index (χ1n) is 14.7. The summed E-state index contributed by atoms with van der Waals surface area (Å²) in [4.78, 5) is 51.0. The van der Waals surface area contributed by atoms with Crippen LogP contribution in [0.4, 0.5) is 17.1 Å². The van der Waals surface area contributed by atoms with E-state index in [1.807, 2.05) is 19.9 Å². The number of ether oxygens (including phenoxy) is 3. The van der Waals surface area contributed by atoms with Gasteiger partial charge < -0.3 is 35.5 Å². The lowest BCUT2D eigenvalue weighted by atomic mass is 9.95. The average molecular weight is 617 g/mol. The van der Waals surface area contributed by atoms with Crippen molar-refractivity contribution in [1.29, 1.82) is 0 Å². The van der Waals surface area contributed by atoms with E-state index in [4.69, 9.17) is 14.2 Å². The molecule has 0 heterocycles. The van der Waals surface area contributed by atoms with Crippen LogP contribution < -0.4 is 40.9 Å². The Hall–Kier alpha value is -5.06. The molecule has 3 amide bonds. The highest BCUT2D eigenvalue weighted by atomic mass is 16.5. The molecule has 0 fully saturated rings. The highest BCUT2D eigenvalue weighted by molar-refractivity contribution is 5.98. The standard InChI is InChI=1S/C34H40N4O7/c1-18(2)31(34(42)37-23-10-8-9-22(16-23)35-19(3)39)38-27-14-12-24-25(17-28(27)41)26(36-20(4)40)13-11-21-15-29(43-5)32(44-6)33(45-7)30(21)24/h8-10,12,14-18,26,31H,11,13H2,1-7H3,(H,35,39)(H,36,40)(H,37,42)(H,38,41). The number of aryl methyl sites for hydroxylation is 1. The minimum atomic E-state index is -0.776.